The molecular weight excluding hydrogens is 333 g/mol. The fraction of sp³-hybridized carbons (Fsp3) is 0.222. The zero-order chi connectivity index (χ0) is 16.7. The molecule has 120 valence electrons. The third-order valence-corrected chi connectivity index (χ3v) is 3.72. The standard InChI is InChI=1S/C18H17Cl2NO2/c1-2-3-9-23-18(22)16(10-13-5-4-8-21-12-13)15-7-6-14(19)11-17(15)20/h4-8,10-12H,2-3,9H2,1H3. The van der Waals surface area contributed by atoms with Gasteiger partial charge in [0.2, 0.25) is 0 Å². The minimum atomic E-state index is -0.411. The van der Waals surface area contributed by atoms with Crippen LogP contribution in [0.5, 0.6) is 0 Å². The van der Waals surface area contributed by atoms with E-state index in [0.717, 1.165) is 18.4 Å². The molecular formula is C18H17Cl2NO2. The van der Waals surface area contributed by atoms with Gasteiger partial charge in [-0.2, -0.15) is 0 Å². The Hall–Kier alpha value is -1.84. The highest BCUT2D eigenvalue weighted by Gasteiger charge is 2.17. The number of unbranched alkanes of at least 4 members (excludes halogenated alkanes) is 1. The number of hydrogen-bond donors (Lipinski definition) is 0. The molecule has 0 spiro atoms. The van der Waals surface area contributed by atoms with Crippen molar-refractivity contribution >= 4 is 40.8 Å². The van der Waals surface area contributed by atoms with E-state index in [2.05, 4.69) is 4.98 Å². The summed E-state index contributed by atoms with van der Waals surface area (Å²) in [6, 6.07) is 8.67. The van der Waals surface area contributed by atoms with Gasteiger partial charge in [0.25, 0.3) is 0 Å². The van der Waals surface area contributed by atoms with Gasteiger partial charge >= 0.3 is 5.97 Å². The number of esters is 1. The second kappa shape index (κ2) is 8.70. The second-order valence-corrected chi connectivity index (χ2v) is 5.80. The number of halogens is 2. The molecule has 1 aromatic heterocycles. The lowest BCUT2D eigenvalue weighted by Crippen LogP contribution is -2.08. The van der Waals surface area contributed by atoms with Gasteiger partial charge in [-0.05, 0) is 36.3 Å². The van der Waals surface area contributed by atoms with Gasteiger partial charge in [-0.25, -0.2) is 4.79 Å². The highest BCUT2D eigenvalue weighted by Crippen LogP contribution is 2.29. The van der Waals surface area contributed by atoms with Crippen LogP contribution in [0.25, 0.3) is 11.6 Å². The summed E-state index contributed by atoms with van der Waals surface area (Å²) in [7, 11) is 0. The van der Waals surface area contributed by atoms with Crippen LogP contribution in [0.4, 0.5) is 0 Å². The Morgan fingerprint density at radius 2 is 2.13 bits per heavy atom. The Labute approximate surface area is 145 Å². The molecule has 0 saturated heterocycles. The van der Waals surface area contributed by atoms with Crippen molar-refractivity contribution in [1.82, 2.24) is 4.98 Å². The van der Waals surface area contributed by atoms with Gasteiger partial charge in [0.05, 0.1) is 17.2 Å². The molecule has 0 aliphatic carbocycles. The van der Waals surface area contributed by atoms with E-state index in [4.69, 9.17) is 27.9 Å². The smallest absolute Gasteiger partial charge is 0.338 e. The number of carbonyl (C=O) groups is 1. The fourth-order valence-electron chi connectivity index (χ4n) is 1.97. The summed E-state index contributed by atoms with van der Waals surface area (Å²) in [6.45, 7) is 2.42. The molecule has 0 amide bonds. The predicted octanol–water partition coefficient (Wildman–Crippen LogP) is 5.27. The highest BCUT2D eigenvalue weighted by molar-refractivity contribution is 6.37. The zero-order valence-electron chi connectivity index (χ0n) is 12.8. The van der Waals surface area contributed by atoms with Crippen LogP contribution in [0.2, 0.25) is 10.0 Å². The maximum atomic E-state index is 12.5. The molecule has 0 atom stereocenters. The average molecular weight is 350 g/mol. The van der Waals surface area contributed by atoms with Crippen molar-refractivity contribution in [2.24, 2.45) is 0 Å². The zero-order valence-corrected chi connectivity index (χ0v) is 14.3. The van der Waals surface area contributed by atoms with Gasteiger partial charge in [0, 0.05) is 23.0 Å². The lowest BCUT2D eigenvalue weighted by molar-refractivity contribution is -0.136. The molecule has 23 heavy (non-hydrogen) atoms. The molecule has 0 fully saturated rings. The molecule has 5 heteroatoms. The van der Waals surface area contributed by atoms with Crippen LogP contribution in [-0.2, 0) is 9.53 Å². The maximum absolute atomic E-state index is 12.5. The summed E-state index contributed by atoms with van der Waals surface area (Å²) >= 11 is 12.2. The summed E-state index contributed by atoms with van der Waals surface area (Å²) in [6.07, 6.45) is 6.84. The van der Waals surface area contributed by atoms with Crippen molar-refractivity contribution in [3.05, 3.63) is 63.9 Å². The van der Waals surface area contributed by atoms with Crippen molar-refractivity contribution in [1.29, 1.82) is 0 Å². The molecule has 0 radical (unpaired) electrons. The maximum Gasteiger partial charge on any atom is 0.338 e. The van der Waals surface area contributed by atoms with E-state index in [9.17, 15) is 4.79 Å². The third kappa shape index (κ3) is 5.08. The number of hydrogen-bond acceptors (Lipinski definition) is 3. The van der Waals surface area contributed by atoms with Crippen molar-refractivity contribution in [2.45, 2.75) is 19.8 Å². The Morgan fingerprint density at radius 3 is 2.78 bits per heavy atom. The Bertz CT molecular complexity index is 699. The minimum absolute atomic E-state index is 0.380. The predicted molar refractivity (Wildman–Crippen MR) is 94.4 cm³/mol. The van der Waals surface area contributed by atoms with E-state index in [0.29, 0.717) is 27.8 Å². The van der Waals surface area contributed by atoms with Crippen LogP contribution < -0.4 is 0 Å². The van der Waals surface area contributed by atoms with Crippen LogP contribution in [-0.4, -0.2) is 17.6 Å². The van der Waals surface area contributed by atoms with E-state index in [1.807, 2.05) is 13.0 Å². The number of benzene rings is 1. The lowest BCUT2D eigenvalue weighted by atomic mass is 10.0. The molecule has 0 saturated carbocycles. The van der Waals surface area contributed by atoms with Crippen LogP contribution in [0.1, 0.15) is 30.9 Å². The van der Waals surface area contributed by atoms with E-state index >= 15 is 0 Å². The summed E-state index contributed by atoms with van der Waals surface area (Å²) in [5.74, 6) is -0.411. The average Bonchev–Trinajstić information content (AvgIpc) is 2.54. The molecule has 0 unspecified atom stereocenters. The number of carbonyl (C=O) groups excluding carboxylic acids is 1. The normalized spacial score (nSPS) is 11.3. The van der Waals surface area contributed by atoms with Crippen LogP contribution in [0, 0.1) is 0 Å². The van der Waals surface area contributed by atoms with E-state index in [-0.39, 0.29) is 0 Å². The summed E-state index contributed by atoms with van der Waals surface area (Å²) in [5, 5.41) is 0.916. The SMILES string of the molecule is CCCCOC(=O)C(=Cc1cccnc1)c1ccc(Cl)cc1Cl. The Kier molecular flexibility index (Phi) is 6.63. The van der Waals surface area contributed by atoms with E-state index < -0.39 is 5.97 Å². The summed E-state index contributed by atoms with van der Waals surface area (Å²) in [4.78, 5) is 16.5. The molecule has 2 rings (SSSR count). The third-order valence-electron chi connectivity index (χ3n) is 3.17. The van der Waals surface area contributed by atoms with Gasteiger partial charge in [0.1, 0.15) is 0 Å². The van der Waals surface area contributed by atoms with Crippen LogP contribution in [0.15, 0.2) is 42.7 Å². The monoisotopic (exact) mass is 349 g/mol. The van der Waals surface area contributed by atoms with Crippen molar-refractivity contribution < 1.29 is 9.53 Å². The number of nitrogens with zero attached hydrogens (tertiary/aromatic N) is 1. The first-order chi connectivity index (χ1) is 11.1. The number of pyridine rings is 1. The van der Waals surface area contributed by atoms with Crippen LogP contribution >= 0.6 is 23.2 Å². The minimum Gasteiger partial charge on any atom is -0.462 e. The summed E-state index contributed by atoms with van der Waals surface area (Å²) < 4.78 is 5.34. The molecule has 3 nitrogen and oxygen atoms in total. The molecule has 2 aromatic rings. The second-order valence-electron chi connectivity index (χ2n) is 4.96. The molecule has 0 aliphatic rings. The van der Waals surface area contributed by atoms with Crippen molar-refractivity contribution in [3.63, 3.8) is 0 Å². The molecule has 0 aliphatic heterocycles. The van der Waals surface area contributed by atoms with E-state index in [1.165, 1.54) is 0 Å². The first-order valence-electron chi connectivity index (χ1n) is 7.36. The number of ether oxygens (including phenoxy) is 1. The summed E-state index contributed by atoms with van der Waals surface area (Å²) in [5.41, 5.74) is 1.76. The molecule has 1 heterocycles. The van der Waals surface area contributed by atoms with Gasteiger partial charge < -0.3 is 4.74 Å². The van der Waals surface area contributed by atoms with Crippen molar-refractivity contribution in [2.75, 3.05) is 6.61 Å². The van der Waals surface area contributed by atoms with Gasteiger partial charge in [-0.1, -0.05) is 48.7 Å². The number of rotatable bonds is 6. The molecule has 0 N–H and O–H groups in total. The topological polar surface area (TPSA) is 39.2 Å². The highest BCUT2D eigenvalue weighted by atomic mass is 35.5. The first-order valence-corrected chi connectivity index (χ1v) is 8.11. The van der Waals surface area contributed by atoms with Gasteiger partial charge in [-0.15, -0.1) is 0 Å². The van der Waals surface area contributed by atoms with Gasteiger partial charge in [-0.3, -0.25) is 4.98 Å². The fourth-order valence-corrected chi connectivity index (χ4v) is 2.48. The van der Waals surface area contributed by atoms with E-state index in [1.54, 1.807) is 42.7 Å². The lowest BCUT2D eigenvalue weighted by Gasteiger charge is -2.10. The molecule has 0 bridgehead atoms. The Balaban J connectivity index is 2.38. The largest absolute Gasteiger partial charge is 0.462 e. The van der Waals surface area contributed by atoms with Crippen molar-refractivity contribution in [3.8, 4) is 0 Å². The van der Waals surface area contributed by atoms with Gasteiger partial charge in [0.15, 0.2) is 0 Å². The molecule has 1 aromatic carbocycles. The quantitative estimate of drug-likeness (QED) is 0.405. The first kappa shape index (κ1) is 17.5. The Morgan fingerprint density at radius 1 is 1.30 bits per heavy atom. The number of aromatic nitrogens is 1. The van der Waals surface area contributed by atoms with Crippen LogP contribution in [0.3, 0.4) is 0 Å².